The van der Waals surface area contributed by atoms with Crippen molar-refractivity contribution in [1.29, 1.82) is 0 Å². The number of carbonyl (C=O) groups excluding carboxylic acids is 2. The summed E-state index contributed by atoms with van der Waals surface area (Å²) in [5.74, 6) is -3.06. The molecule has 0 unspecified atom stereocenters. The molecule has 5 nitrogen and oxygen atoms in total. The van der Waals surface area contributed by atoms with E-state index in [0.717, 1.165) is 41.4 Å². The number of fused-ring (bicyclic) bond motifs is 1. The third-order valence-electron chi connectivity index (χ3n) is 4.83. The standard InChI is InChI=1S/C21H19F2N3O2/c22-16-8-5-12(9-17(16)23)20(27)26-19(21(28)25-14-6-7-14)10-13-11-24-18-4-2-1-3-15(13)18/h1-5,8-9,11,14,19,24H,6-7,10H2,(H,25,28)(H,26,27)/t19-/m1/s1. The fraction of sp³-hybridized carbons (Fsp3) is 0.238. The van der Waals surface area contributed by atoms with Gasteiger partial charge in [-0.15, -0.1) is 0 Å². The monoisotopic (exact) mass is 383 g/mol. The number of carbonyl (C=O) groups is 2. The van der Waals surface area contributed by atoms with Gasteiger partial charge in [-0.1, -0.05) is 18.2 Å². The highest BCUT2D eigenvalue weighted by Gasteiger charge is 2.29. The van der Waals surface area contributed by atoms with Crippen molar-refractivity contribution in [3.63, 3.8) is 0 Å². The molecule has 0 saturated heterocycles. The van der Waals surface area contributed by atoms with Crippen LogP contribution in [0.2, 0.25) is 0 Å². The van der Waals surface area contributed by atoms with Crippen molar-refractivity contribution in [2.24, 2.45) is 0 Å². The zero-order valence-corrected chi connectivity index (χ0v) is 15.0. The first-order chi connectivity index (χ1) is 13.5. The highest BCUT2D eigenvalue weighted by Crippen LogP contribution is 2.21. The highest BCUT2D eigenvalue weighted by molar-refractivity contribution is 5.98. The van der Waals surface area contributed by atoms with Crippen LogP contribution in [0.1, 0.15) is 28.8 Å². The first kappa shape index (κ1) is 18.2. The van der Waals surface area contributed by atoms with Gasteiger partial charge < -0.3 is 15.6 Å². The quantitative estimate of drug-likeness (QED) is 0.612. The molecule has 1 aliphatic rings. The summed E-state index contributed by atoms with van der Waals surface area (Å²) in [4.78, 5) is 28.4. The Morgan fingerprint density at radius 2 is 1.89 bits per heavy atom. The number of aromatic amines is 1. The molecule has 2 aromatic carbocycles. The number of amides is 2. The van der Waals surface area contributed by atoms with E-state index in [1.165, 1.54) is 6.07 Å². The Morgan fingerprint density at radius 1 is 1.11 bits per heavy atom. The topological polar surface area (TPSA) is 74.0 Å². The predicted octanol–water partition coefficient (Wildman–Crippen LogP) is 3.07. The zero-order valence-electron chi connectivity index (χ0n) is 15.0. The van der Waals surface area contributed by atoms with Crippen LogP contribution in [-0.2, 0) is 11.2 Å². The van der Waals surface area contributed by atoms with Gasteiger partial charge in [-0.05, 0) is 42.7 Å². The lowest BCUT2D eigenvalue weighted by molar-refractivity contribution is -0.123. The number of halogens is 2. The molecule has 0 radical (unpaired) electrons. The number of H-pyrrole nitrogens is 1. The molecule has 7 heteroatoms. The lowest BCUT2D eigenvalue weighted by atomic mass is 10.0. The van der Waals surface area contributed by atoms with Crippen LogP contribution < -0.4 is 10.6 Å². The number of aromatic nitrogens is 1. The fourth-order valence-electron chi connectivity index (χ4n) is 3.14. The summed E-state index contributed by atoms with van der Waals surface area (Å²) in [5.41, 5.74) is 1.78. The Labute approximate surface area is 160 Å². The van der Waals surface area contributed by atoms with Crippen LogP contribution in [0.4, 0.5) is 8.78 Å². The molecule has 3 aromatic rings. The fourth-order valence-corrected chi connectivity index (χ4v) is 3.14. The molecule has 1 aliphatic carbocycles. The minimum atomic E-state index is -1.11. The van der Waals surface area contributed by atoms with Crippen LogP contribution in [0, 0.1) is 11.6 Å². The number of hydrogen-bond acceptors (Lipinski definition) is 2. The van der Waals surface area contributed by atoms with E-state index in [4.69, 9.17) is 0 Å². The van der Waals surface area contributed by atoms with Crippen LogP contribution in [-0.4, -0.2) is 28.9 Å². The third-order valence-corrected chi connectivity index (χ3v) is 4.83. The van der Waals surface area contributed by atoms with E-state index in [0.29, 0.717) is 0 Å². The van der Waals surface area contributed by atoms with Gasteiger partial charge in [0, 0.05) is 35.1 Å². The van der Waals surface area contributed by atoms with Crippen molar-refractivity contribution >= 4 is 22.7 Å². The average Bonchev–Trinajstić information content (AvgIpc) is 3.41. The maximum absolute atomic E-state index is 13.5. The summed E-state index contributed by atoms with van der Waals surface area (Å²) >= 11 is 0. The molecule has 4 rings (SSSR count). The summed E-state index contributed by atoms with van der Waals surface area (Å²) in [7, 11) is 0. The number of hydrogen-bond donors (Lipinski definition) is 3. The van der Waals surface area contributed by atoms with Crippen LogP contribution in [0.5, 0.6) is 0 Å². The molecule has 2 amide bonds. The number of rotatable bonds is 6. The molecule has 144 valence electrons. The summed E-state index contributed by atoms with van der Waals surface area (Å²) in [6, 6.07) is 9.89. The van der Waals surface area contributed by atoms with Gasteiger partial charge in [0.15, 0.2) is 11.6 Å². The third kappa shape index (κ3) is 3.88. The van der Waals surface area contributed by atoms with Gasteiger partial charge >= 0.3 is 0 Å². The van der Waals surface area contributed by atoms with Crippen molar-refractivity contribution in [2.45, 2.75) is 31.3 Å². The Hall–Kier alpha value is -3.22. The van der Waals surface area contributed by atoms with E-state index < -0.39 is 23.6 Å². The molecule has 1 saturated carbocycles. The average molecular weight is 383 g/mol. The first-order valence-electron chi connectivity index (χ1n) is 9.12. The molecule has 1 heterocycles. The van der Waals surface area contributed by atoms with Crippen molar-refractivity contribution in [3.05, 3.63) is 71.4 Å². The minimum absolute atomic E-state index is 0.0398. The van der Waals surface area contributed by atoms with Gasteiger partial charge in [-0.3, -0.25) is 9.59 Å². The Balaban J connectivity index is 1.56. The Bertz CT molecular complexity index is 1040. The largest absolute Gasteiger partial charge is 0.361 e. The smallest absolute Gasteiger partial charge is 0.252 e. The Kier molecular flexibility index (Phi) is 4.81. The van der Waals surface area contributed by atoms with E-state index in [1.807, 2.05) is 30.5 Å². The molecular weight excluding hydrogens is 364 g/mol. The molecule has 0 bridgehead atoms. The lowest BCUT2D eigenvalue weighted by Gasteiger charge is -2.18. The van der Waals surface area contributed by atoms with Crippen LogP contribution in [0.25, 0.3) is 10.9 Å². The summed E-state index contributed by atoms with van der Waals surface area (Å²) < 4.78 is 26.6. The summed E-state index contributed by atoms with van der Waals surface area (Å²) in [5, 5.41) is 6.52. The number of benzene rings is 2. The molecule has 1 aromatic heterocycles. The van der Waals surface area contributed by atoms with Gasteiger partial charge in [0.25, 0.3) is 5.91 Å². The molecular formula is C21H19F2N3O2. The number of nitrogens with one attached hydrogen (secondary N) is 3. The first-order valence-corrected chi connectivity index (χ1v) is 9.12. The molecule has 0 spiro atoms. The van der Waals surface area contributed by atoms with E-state index in [2.05, 4.69) is 15.6 Å². The lowest BCUT2D eigenvalue weighted by Crippen LogP contribution is -2.48. The van der Waals surface area contributed by atoms with E-state index >= 15 is 0 Å². The summed E-state index contributed by atoms with van der Waals surface area (Å²) in [6.07, 6.45) is 3.93. The second-order valence-electron chi connectivity index (χ2n) is 7.00. The SMILES string of the molecule is O=C(N[C@H](Cc1c[nH]c2ccccc12)C(=O)NC1CC1)c1ccc(F)c(F)c1. The predicted molar refractivity (Wildman–Crippen MR) is 101 cm³/mol. The van der Waals surface area contributed by atoms with Gasteiger partial charge in [0.2, 0.25) is 5.91 Å². The van der Waals surface area contributed by atoms with Crippen molar-refractivity contribution in [2.75, 3.05) is 0 Å². The number of para-hydroxylation sites is 1. The highest BCUT2D eigenvalue weighted by atomic mass is 19.2. The van der Waals surface area contributed by atoms with Crippen molar-refractivity contribution in [3.8, 4) is 0 Å². The Morgan fingerprint density at radius 3 is 2.64 bits per heavy atom. The molecule has 1 atom stereocenters. The van der Waals surface area contributed by atoms with Crippen LogP contribution in [0.15, 0.2) is 48.7 Å². The molecule has 0 aliphatic heterocycles. The van der Waals surface area contributed by atoms with Gasteiger partial charge in [0.05, 0.1) is 0 Å². The summed E-state index contributed by atoms with van der Waals surface area (Å²) in [6.45, 7) is 0. The van der Waals surface area contributed by atoms with E-state index in [-0.39, 0.29) is 23.9 Å². The molecule has 28 heavy (non-hydrogen) atoms. The zero-order chi connectivity index (χ0) is 19.7. The van der Waals surface area contributed by atoms with E-state index in [9.17, 15) is 18.4 Å². The van der Waals surface area contributed by atoms with E-state index in [1.54, 1.807) is 0 Å². The normalized spacial score (nSPS) is 14.6. The van der Waals surface area contributed by atoms with Crippen LogP contribution in [0.3, 0.4) is 0 Å². The van der Waals surface area contributed by atoms with Crippen LogP contribution >= 0.6 is 0 Å². The second kappa shape index (κ2) is 7.42. The van der Waals surface area contributed by atoms with Gasteiger partial charge in [0.1, 0.15) is 6.04 Å². The maximum Gasteiger partial charge on any atom is 0.252 e. The van der Waals surface area contributed by atoms with Crippen molar-refractivity contribution < 1.29 is 18.4 Å². The van der Waals surface area contributed by atoms with Gasteiger partial charge in [-0.25, -0.2) is 8.78 Å². The molecule has 1 fully saturated rings. The van der Waals surface area contributed by atoms with Gasteiger partial charge in [-0.2, -0.15) is 0 Å². The van der Waals surface area contributed by atoms with Crippen molar-refractivity contribution in [1.82, 2.24) is 15.6 Å². The second-order valence-corrected chi connectivity index (χ2v) is 7.00. The maximum atomic E-state index is 13.5. The molecule has 3 N–H and O–H groups in total. The minimum Gasteiger partial charge on any atom is -0.361 e.